The molecule has 0 spiro atoms. The number of halogens is 1. The van der Waals surface area contributed by atoms with Crippen molar-refractivity contribution in [3.8, 4) is 5.75 Å². The first-order valence-electron chi connectivity index (χ1n) is 5.48. The molecule has 0 atom stereocenters. The molecular weight excluding hydrogens is 225 g/mol. The van der Waals surface area contributed by atoms with Gasteiger partial charge in [0.15, 0.2) is 0 Å². The SMILES string of the molecule is O=C(COCCCCOc1ccccc1)NF. The Balaban J connectivity index is 1.93. The minimum atomic E-state index is -0.759. The molecule has 1 amide bonds. The second-order valence-corrected chi connectivity index (χ2v) is 3.44. The first kappa shape index (κ1) is 13.4. The van der Waals surface area contributed by atoms with Crippen molar-refractivity contribution in [2.75, 3.05) is 19.8 Å². The van der Waals surface area contributed by atoms with Gasteiger partial charge in [-0.3, -0.25) is 4.79 Å². The van der Waals surface area contributed by atoms with Crippen LogP contribution in [0.3, 0.4) is 0 Å². The first-order chi connectivity index (χ1) is 8.33. The van der Waals surface area contributed by atoms with E-state index in [1.807, 2.05) is 30.3 Å². The van der Waals surface area contributed by atoms with Gasteiger partial charge in [0.2, 0.25) is 0 Å². The minimum Gasteiger partial charge on any atom is -0.494 e. The second kappa shape index (κ2) is 8.52. The van der Waals surface area contributed by atoms with Crippen LogP contribution in [0.5, 0.6) is 5.75 Å². The van der Waals surface area contributed by atoms with E-state index in [9.17, 15) is 9.28 Å². The number of ether oxygens (including phenoxy) is 2. The molecule has 0 aliphatic heterocycles. The maximum atomic E-state index is 11.5. The van der Waals surface area contributed by atoms with Gasteiger partial charge < -0.3 is 9.47 Å². The van der Waals surface area contributed by atoms with Gasteiger partial charge >= 0.3 is 0 Å². The predicted octanol–water partition coefficient (Wildman–Crippen LogP) is 1.86. The van der Waals surface area contributed by atoms with Crippen LogP contribution >= 0.6 is 0 Å². The van der Waals surface area contributed by atoms with Crippen LogP contribution < -0.4 is 10.3 Å². The molecule has 0 aromatic heterocycles. The average Bonchev–Trinajstić information content (AvgIpc) is 2.38. The Morgan fingerprint density at radius 1 is 1.18 bits per heavy atom. The molecule has 17 heavy (non-hydrogen) atoms. The Hall–Kier alpha value is -1.62. The molecule has 4 nitrogen and oxygen atoms in total. The third-order valence-corrected chi connectivity index (χ3v) is 2.03. The van der Waals surface area contributed by atoms with Crippen LogP contribution in [0.15, 0.2) is 30.3 Å². The highest BCUT2D eigenvalue weighted by Gasteiger charge is 1.98. The summed E-state index contributed by atoms with van der Waals surface area (Å²) in [7, 11) is 0. The van der Waals surface area contributed by atoms with E-state index in [1.165, 1.54) is 0 Å². The maximum Gasteiger partial charge on any atom is 0.273 e. The van der Waals surface area contributed by atoms with Crippen molar-refractivity contribution in [1.29, 1.82) is 0 Å². The zero-order valence-electron chi connectivity index (χ0n) is 9.52. The number of amides is 1. The molecule has 0 bridgehead atoms. The lowest BCUT2D eigenvalue weighted by Crippen LogP contribution is -2.20. The molecule has 0 radical (unpaired) electrons. The molecule has 0 fully saturated rings. The lowest BCUT2D eigenvalue weighted by molar-refractivity contribution is -0.130. The molecule has 94 valence electrons. The molecule has 0 saturated carbocycles. The van der Waals surface area contributed by atoms with E-state index in [0.717, 1.165) is 24.1 Å². The normalized spacial score (nSPS) is 9.94. The molecule has 0 saturated heterocycles. The first-order valence-corrected chi connectivity index (χ1v) is 5.48. The zero-order valence-corrected chi connectivity index (χ0v) is 9.52. The van der Waals surface area contributed by atoms with Crippen molar-refractivity contribution >= 4 is 5.91 Å². The molecule has 1 rings (SSSR count). The lowest BCUT2D eigenvalue weighted by Gasteiger charge is -2.05. The van der Waals surface area contributed by atoms with Crippen molar-refractivity contribution in [3.05, 3.63) is 30.3 Å². The number of para-hydroxylation sites is 1. The van der Waals surface area contributed by atoms with Crippen molar-refractivity contribution in [3.63, 3.8) is 0 Å². The van der Waals surface area contributed by atoms with Crippen LogP contribution in [0.2, 0.25) is 0 Å². The number of carbonyl (C=O) groups excluding carboxylic acids is 1. The van der Waals surface area contributed by atoms with Crippen LogP contribution in [0, 0.1) is 0 Å². The van der Waals surface area contributed by atoms with Gasteiger partial charge in [-0.1, -0.05) is 18.2 Å². The van der Waals surface area contributed by atoms with Gasteiger partial charge in [-0.15, -0.1) is 4.48 Å². The van der Waals surface area contributed by atoms with Gasteiger partial charge in [0.05, 0.1) is 6.61 Å². The van der Waals surface area contributed by atoms with Gasteiger partial charge in [0.25, 0.3) is 5.91 Å². The van der Waals surface area contributed by atoms with E-state index in [4.69, 9.17) is 9.47 Å². The monoisotopic (exact) mass is 241 g/mol. The van der Waals surface area contributed by atoms with Crippen molar-refractivity contribution in [2.45, 2.75) is 12.8 Å². The Bertz CT molecular complexity index is 319. The van der Waals surface area contributed by atoms with E-state index >= 15 is 0 Å². The number of carbonyl (C=O) groups is 1. The lowest BCUT2D eigenvalue weighted by atomic mass is 10.3. The second-order valence-electron chi connectivity index (χ2n) is 3.44. The van der Waals surface area contributed by atoms with E-state index in [2.05, 4.69) is 0 Å². The molecule has 0 aliphatic rings. The van der Waals surface area contributed by atoms with E-state index in [1.54, 1.807) is 0 Å². The van der Waals surface area contributed by atoms with Crippen LogP contribution in [0.25, 0.3) is 0 Å². The highest BCUT2D eigenvalue weighted by molar-refractivity contribution is 5.75. The van der Waals surface area contributed by atoms with Crippen LogP contribution in [-0.4, -0.2) is 25.7 Å². The number of unbranched alkanes of at least 4 members (excludes halogenated alkanes) is 1. The smallest absolute Gasteiger partial charge is 0.273 e. The number of rotatable bonds is 8. The standard InChI is InChI=1S/C12H16FNO3/c13-14-12(15)10-16-8-4-5-9-17-11-6-2-1-3-7-11/h1-3,6-7H,4-5,8-10H2,(H,14,15). The van der Waals surface area contributed by atoms with Crippen LogP contribution in [0.1, 0.15) is 12.8 Å². The van der Waals surface area contributed by atoms with Gasteiger partial charge in [0.1, 0.15) is 12.4 Å². The minimum absolute atomic E-state index is 0.240. The molecular formula is C12H16FNO3. The Labute approximate surface area is 99.7 Å². The van der Waals surface area contributed by atoms with Gasteiger partial charge in [-0.05, 0) is 25.0 Å². The fourth-order valence-corrected chi connectivity index (χ4v) is 1.21. The zero-order chi connectivity index (χ0) is 12.3. The van der Waals surface area contributed by atoms with Crippen molar-refractivity contribution in [2.24, 2.45) is 0 Å². The Morgan fingerprint density at radius 3 is 2.59 bits per heavy atom. The van der Waals surface area contributed by atoms with E-state index < -0.39 is 5.91 Å². The summed E-state index contributed by atoms with van der Waals surface area (Å²) in [5, 5.41) is 0. The highest BCUT2D eigenvalue weighted by atomic mass is 19.2. The molecule has 0 unspecified atom stereocenters. The summed E-state index contributed by atoms with van der Waals surface area (Å²) in [4.78, 5) is 10.4. The summed E-state index contributed by atoms with van der Waals surface area (Å²) in [6.45, 7) is 0.782. The summed E-state index contributed by atoms with van der Waals surface area (Å²) in [5.41, 5.74) is 1.000. The third kappa shape index (κ3) is 6.52. The third-order valence-electron chi connectivity index (χ3n) is 2.03. The van der Waals surface area contributed by atoms with Gasteiger partial charge in [-0.2, -0.15) is 5.54 Å². The molecule has 5 heteroatoms. The molecule has 0 aliphatic carbocycles. The summed E-state index contributed by atoms with van der Waals surface area (Å²) >= 11 is 0. The number of hydrogen-bond donors (Lipinski definition) is 1. The maximum absolute atomic E-state index is 11.5. The highest BCUT2D eigenvalue weighted by Crippen LogP contribution is 2.08. The topological polar surface area (TPSA) is 47.6 Å². The van der Waals surface area contributed by atoms with Crippen molar-refractivity contribution < 1.29 is 18.7 Å². The van der Waals surface area contributed by atoms with Crippen LogP contribution in [0.4, 0.5) is 4.48 Å². The molecule has 1 aromatic carbocycles. The van der Waals surface area contributed by atoms with Crippen molar-refractivity contribution in [1.82, 2.24) is 5.54 Å². The molecule has 0 heterocycles. The predicted molar refractivity (Wildman–Crippen MR) is 61.2 cm³/mol. The molecule has 1 aromatic rings. The average molecular weight is 241 g/mol. The van der Waals surface area contributed by atoms with E-state index in [0.29, 0.717) is 13.2 Å². The fourth-order valence-electron chi connectivity index (χ4n) is 1.21. The summed E-state index contributed by atoms with van der Waals surface area (Å²) in [6.07, 6.45) is 1.60. The Kier molecular flexibility index (Phi) is 6.74. The number of benzene rings is 1. The van der Waals surface area contributed by atoms with E-state index in [-0.39, 0.29) is 6.61 Å². The number of nitrogens with one attached hydrogen (secondary N) is 1. The Morgan fingerprint density at radius 2 is 1.88 bits per heavy atom. The van der Waals surface area contributed by atoms with Gasteiger partial charge in [-0.25, -0.2) is 0 Å². The number of hydrogen-bond acceptors (Lipinski definition) is 3. The largest absolute Gasteiger partial charge is 0.494 e. The molecule has 1 N–H and O–H groups in total. The summed E-state index contributed by atoms with van der Waals surface area (Å²) < 4.78 is 21.9. The van der Waals surface area contributed by atoms with Gasteiger partial charge in [0, 0.05) is 6.61 Å². The summed E-state index contributed by atoms with van der Waals surface area (Å²) in [6, 6.07) is 9.53. The fraction of sp³-hybridized carbons (Fsp3) is 0.417. The van der Waals surface area contributed by atoms with Crippen LogP contribution in [-0.2, 0) is 9.53 Å². The summed E-state index contributed by atoms with van der Waals surface area (Å²) in [5.74, 6) is 0.0794. The quantitative estimate of drug-likeness (QED) is 0.558.